The summed E-state index contributed by atoms with van der Waals surface area (Å²) in [6.07, 6.45) is 1.38. The Bertz CT molecular complexity index is 1840. The monoisotopic (exact) mass is 670 g/mol. The third-order valence-corrected chi connectivity index (χ3v) is 7.22. The summed E-state index contributed by atoms with van der Waals surface area (Å²) in [6.45, 7) is 0. The molecular formula is C31H20Br2N4O4. The molecular weight excluding hydrogens is 652 g/mol. The number of nitrogens with one attached hydrogen (secondary N) is 2. The highest BCUT2D eigenvalue weighted by molar-refractivity contribution is 9.11. The summed E-state index contributed by atoms with van der Waals surface area (Å²) in [5, 5.41) is 14.5. The number of benzene rings is 4. The Kier molecular flexibility index (Phi) is 8.29. The molecule has 41 heavy (non-hydrogen) atoms. The number of ether oxygens (including phenoxy) is 2. The van der Waals surface area contributed by atoms with Gasteiger partial charge in [0.15, 0.2) is 5.75 Å². The number of methoxy groups -OCH3 is 1. The maximum atomic E-state index is 13.4. The first kappa shape index (κ1) is 27.8. The molecule has 202 valence electrons. The Labute approximate surface area is 251 Å². The number of esters is 1. The van der Waals surface area contributed by atoms with Crippen molar-refractivity contribution in [2.45, 2.75) is 0 Å². The second kappa shape index (κ2) is 12.2. The Morgan fingerprint density at radius 3 is 2.46 bits per heavy atom. The van der Waals surface area contributed by atoms with E-state index in [1.807, 2.05) is 36.4 Å². The third-order valence-electron chi connectivity index (χ3n) is 6.17. The molecule has 4 aromatic carbocycles. The second-order valence-electron chi connectivity index (χ2n) is 8.70. The van der Waals surface area contributed by atoms with Crippen LogP contribution in [0, 0.1) is 11.3 Å². The topological polar surface area (TPSA) is 117 Å². The molecule has 8 nitrogen and oxygen atoms in total. The molecule has 0 radical (unpaired) electrons. The van der Waals surface area contributed by atoms with Crippen molar-refractivity contribution in [1.29, 1.82) is 5.26 Å². The Balaban J connectivity index is 1.44. The lowest BCUT2D eigenvalue weighted by Crippen LogP contribution is -2.19. The minimum Gasteiger partial charge on any atom is -0.497 e. The molecule has 0 aliphatic carbocycles. The zero-order chi connectivity index (χ0) is 28.9. The zero-order valence-electron chi connectivity index (χ0n) is 21.4. The fourth-order valence-corrected chi connectivity index (χ4v) is 5.60. The number of rotatable bonds is 7. The quantitative estimate of drug-likeness (QED) is 0.0820. The van der Waals surface area contributed by atoms with Crippen molar-refractivity contribution in [3.8, 4) is 28.7 Å². The van der Waals surface area contributed by atoms with Gasteiger partial charge >= 0.3 is 5.97 Å². The Morgan fingerprint density at radius 1 is 1.00 bits per heavy atom. The number of hydrogen-bond acceptors (Lipinski definition) is 6. The van der Waals surface area contributed by atoms with E-state index in [1.165, 1.54) is 6.21 Å². The third kappa shape index (κ3) is 5.91. The number of amides is 1. The minimum absolute atomic E-state index is 0.223. The number of nitriles is 1. The number of aromatic nitrogens is 1. The van der Waals surface area contributed by atoms with Gasteiger partial charge in [-0.25, -0.2) is 10.2 Å². The maximum absolute atomic E-state index is 13.4. The van der Waals surface area contributed by atoms with Crippen LogP contribution in [0.2, 0.25) is 0 Å². The summed E-state index contributed by atoms with van der Waals surface area (Å²) < 4.78 is 12.0. The summed E-state index contributed by atoms with van der Waals surface area (Å²) in [7, 11) is 1.54. The SMILES string of the molecule is COc1ccc(C(=O)Oc2c(Br)cc(Br)cc2C=NNC(=O)c2[nH]c3c(C#N)cccc3c2-c2ccccc2)cc1. The van der Waals surface area contributed by atoms with Gasteiger partial charge in [-0.3, -0.25) is 4.79 Å². The van der Waals surface area contributed by atoms with E-state index in [4.69, 9.17) is 9.47 Å². The van der Waals surface area contributed by atoms with Gasteiger partial charge in [0.05, 0.1) is 34.4 Å². The largest absolute Gasteiger partial charge is 0.497 e. The average Bonchev–Trinajstić information content (AvgIpc) is 3.39. The van der Waals surface area contributed by atoms with E-state index in [1.54, 1.807) is 55.6 Å². The van der Waals surface area contributed by atoms with Gasteiger partial charge in [0.2, 0.25) is 0 Å². The molecule has 0 spiro atoms. The first-order valence-electron chi connectivity index (χ1n) is 12.2. The van der Waals surface area contributed by atoms with Gasteiger partial charge < -0.3 is 14.5 Å². The molecule has 5 rings (SSSR count). The number of nitrogens with zero attached hydrogens (tertiary/aromatic N) is 2. The minimum atomic E-state index is -0.576. The fraction of sp³-hybridized carbons (Fsp3) is 0.0323. The first-order valence-corrected chi connectivity index (χ1v) is 13.8. The standard InChI is InChI=1S/C31H20Br2N4O4/c1-40-23-12-10-19(11-13-23)31(39)41-29-21(14-22(32)15-25(29)33)17-35-37-30(38)28-26(18-6-3-2-4-7-18)24-9-5-8-20(16-34)27(24)36-28/h2-15,17,36H,1H3,(H,37,38). The van der Waals surface area contributed by atoms with Crippen molar-refractivity contribution in [3.63, 3.8) is 0 Å². The van der Waals surface area contributed by atoms with Crippen LogP contribution in [-0.2, 0) is 0 Å². The smallest absolute Gasteiger partial charge is 0.343 e. The second-order valence-corrected chi connectivity index (χ2v) is 10.5. The number of hydrogen-bond donors (Lipinski definition) is 2. The Morgan fingerprint density at radius 2 is 1.76 bits per heavy atom. The van der Waals surface area contributed by atoms with Crippen LogP contribution in [0.25, 0.3) is 22.0 Å². The van der Waals surface area contributed by atoms with Gasteiger partial charge in [-0.1, -0.05) is 58.4 Å². The van der Waals surface area contributed by atoms with Crippen LogP contribution in [0.1, 0.15) is 32.0 Å². The van der Waals surface area contributed by atoms with E-state index in [2.05, 4.69) is 53.4 Å². The number of aromatic amines is 1. The van der Waals surface area contributed by atoms with E-state index in [0.29, 0.717) is 42.5 Å². The molecule has 0 saturated carbocycles. The summed E-state index contributed by atoms with van der Waals surface area (Å²) in [6, 6.07) is 26.9. The predicted octanol–water partition coefficient (Wildman–Crippen LogP) is 7.22. The van der Waals surface area contributed by atoms with Gasteiger partial charge in [-0.2, -0.15) is 10.4 Å². The summed E-state index contributed by atoms with van der Waals surface area (Å²) >= 11 is 6.88. The molecule has 0 unspecified atom stereocenters. The van der Waals surface area contributed by atoms with Gasteiger partial charge in [0.1, 0.15) is 17.5 Å². The maximum Gasteiger partial charge on any atom is 0.343 e. The Hall–Kier alpha value is -4.72. The molecule has 1 amide bonds. The van der Waals surface area contributed by atoms with Crippen LogP contribution >= 0.6 is 31.9 Å². The number of halogens is 2. The highest BCUT2D eigenvalue weighted by Crippen LogP contribution is 2.35. The lowest BCUT2D eigenvalue weighted by Gasteiger charge is -2.11. The van der Waals surface area contributed by atoms with Crippen molar-refractivity contribution in [2.75, 3.05) is 7.11 Å². The average molecular weight is 672 g/mol. The molecule has 5 aromatic rings. The van der Waals surface area contributed by atoms with Crippen molar-refractivity contribution in [1.82, 2.24) is 10.4 Å². The van der Waals surface area contributed by atoms with Gasteiger partial charge in [-0.05, 0) is 64.0 Å². The normalized spacial score (nSPS) is 10.9. The molecule has 0 saturated heterocycles. The summed E-state index contributed by atoms with van der Waals surface area (Å²) in [4.78, 5) is 29.3. The summed E-state index contributed by atoms with van der Waals surface area (Å²) in [5.74, 6) is -0.246. The highest BCUT2D eigenvalue weighted by Gasteiger charge is 2.21. The molecule has 0 aliphatic heterocycles. The van der Waals surface area contributed by atoms with Gasteiger partial charge in [-0.15, -0.1) is 0 Å². The molecule has 2 N–H and O–H groups in total. The van der Waals surface area contributed by atoms with E-state index >= 15 is 0 Å². The van der Waals surface area contributed by atoms with Gasteiger partial charge in [0.25, 0.3) is 5.91 Å². The number of carbonyl (C=O) groups is 2. The van der Waals surface area contributed by atoms with E-state index in [9.17, 15) is 14.9 Å². The van der Waals surface area contributed by atoms with E-state index in [0.717, 1.165) is 10.9 Å². The lowest BCUT2D eigenvalue weighted by atomic mass is 10.0. The van der Waals surface area contributed by atoms with E-state index < -0.39 is 11.9 Å². The van der Waals surface area contributed by atoms with E-state index in [-0.39, 0.29) is 11.4 Å². The molecule has 1 aromatic heterocycles. The zero-order valence-corrected chi connectivity index (χ0v) is 24.6. The molecule has 0 bridgehead atoms. The van der Waals surface area contributed by atoms with Crippen LogP contribution in [-0.4, -0.2) is 30.2 Å². The van der Waals surface area contributed by atoms with Crippen LogP contribution < -0.4 is 14.9 Å². The predicted molar refractivity (Wildman–Crippen MR) is 163 cm³/mol. The molecule has 0 atom stereocenters. The highest BCUT2D eigenvalue weighted by atomic mass is 79.9. The number of fused-ring (bicyclic) bond motifs is 1. The molecule has 0 aliphatic rings. The number of para-hydroxylation sites is 1. The molecule has 10 heteroatoms. The van der Waals surface area contributed by atoms with Crippen molar-refractivity contribution in [2.24, 2.45) is 5.10 Å². The number of H-pyrrole nitrogens is 1. The van der Waals surface area contributed by atoms with Crippen LogP contribution in [0.15, 0.2) is 99.0 Å². The molecule has 0 fully saturated rings. The first-order chi connectivity index (χ1) is 19.9. The van der Waals surface area contributed by atoms with Gasteiger partial charge in [0, 0.05) is 21.0 Å². The van der Waals surface area contributed by atoms with Crippen LogP contribution in [0.3, 0.4) is 0 Å². The van der Waals surface area contributed by atoms with Crippen molar-refractivity contribution in [3.05, 3.63) is 116 Å². The number of carbonyl (C=O) groups excluding carboxylic acids is 2. The van der Waals surface area contributed by atoms with Crippen molar-refractivity contribution < 1.29 is 19.1 Å². The van der Waals surface area contributed by atoms with Crippen LogP contribution in [0.4, 0.5) is 0 Å². The lowest BCUT2D eigenvalue weighted by molar-refractivity contribution is 0.0732. The molecule has 1 heterocycles. The number of hydrazone groups is 1. The van der Waals surface area contributed by atoms with Crippen molar-refractivity contribution >= 4 is 60.9 Å². The fourth-order valence-electron chi connectivity index (χ4n) is 4.26. The van der Waals surface area contributed by atoms with Crippen LogP contribution in [0.5, 0.6) is 11.5 Å². The summed E-state index contributed by atoms with van der Waals surface area (Å²) in [5.41, 5.74) is 6.02.